The lowest BCUT2D eigenvalue weighted by Crippen LogP contribution is -3.00. The molecule has 1 aromatic heterocycles. The fraction of sp³-hybridized carbons (Fsp3) is 0.400. The average molecular weight is 407 g/mol. The molecule has 2 amide bonds. The molecule has 0 spiro atoms. The van der Waals surface area contributed by atoms with Crippen molar-refractivity contribution in [1.82, 2.24) is 4.90 Å². The maximum Gasteiger partial charge on any atom is 0.251 e. The topological polar surface area (TPSA) is 75.4 Å². The van der Waals surface area contributed by atoms with Crippen LogP contribution in [0.3, 0.4) is 0 Å². The van der Waals surface area contributed by atoms with Crippen LogP contribution in [-0.4, -0.2) is 29.3 Å². The summed E-state index contributed by atoms with van der Waals surface area (Å²) in [6.45, 7) is 6.04. The van der Waals surface area contributed by atoms with E-state index in [0.29, 0.717) is 29.4 Å². The fourth-order valence-electron chi connectivity index (χ4n) is 3.30. The Morgan fingerprint density at radius 2 is 1.96 bits per heavy atom. The fourth-order valence-corrected chi connectivity index (χ4v) is 4.60. The molecule has 0 bridgehead atoms. The molecule has 3 N–H and O–H groups in total. The van der Waals surface area contributed by atoms with Gasteiger partial charge in [0.2, 0.25) is 5.91 Å². The number of carbonyl (C=O) groups is 2. The molecule has 1 aliphatic rings. The van der Waals surface area contributed by atoms with Gasteiger partial charge in [-0.25, -0.2) is 0 Å². The van der Waals surface area contributed by atoms with Crippen molar-refractivity contribution in [2.24, 2.45) is 5.73 Å². The first-order valence-electron chi connectivity index (χ1n) is 8.98. The summed E-state index contributed by atoms with van der Waals surface area (Å²) in [7, 11) is 0. The number of benzene rings is 1. The lowest BCUT2D eigenvalue weighted by atomic mass is 10.0. The van der Waals surface area contributed by atoms with Gasteiger partial charge in [-0.1, -0.05) is 30.3 Å². The van der Waals surface area contributed by atoms with Crippen molar-refractivity contribution in [3.63, 3.8) is 0 Å². The number of primary amides is 1. The first-order chi connectivity index (χ1) is 12.5. The highest BCUT2D eigenvalue weighted by Gasteiger charge is 2.28. The van der Waals surface area contributed by atoms with Gasteiger partial charge in [0.15, 0.2) is 0 Å². The third-order valence-corrected chi connectivity index (χ3v) is 5.93. The second-order valence-corrected chi connectivity index (χ2v) is 8.03. The van der Waals surface area contributed by atoms with Gasteiger partial charge in [-0.2, -0.15) is 0 Å². The molecule has 5 nitrogen and oxygen atoms in total. The number of aryl methyl sites for hydroxylation is 1. The molecule has 1 aliphatic heterocycles. The van der Waals surface area contributed by atoms with E-state index in [9.17, 15) is 9.59 Å². The maximum absolute atomic E-state index is 12.4. The molecule has 0 saturated heterocycles. The lowest BCUT2D eigenvalue weighted by Gasteiger charge is -2.30. The molecule has 2 heterocycles. The highest BCUT2D eigenvalue weighted by Crippen LogP contribution is 2.37. The van der Waals surface area contributed by atoms with Crippen LogP contribution >= 0.6 is 11.3 Å². The van der Waals surface area contributed by atoms with Crippen molar-refractivity contribution in [3.8, 4) is 0 Å². The van der Waals surface area contributed by atoms with E-state index in [4.69, 9.17) is 5.73 Å². The van der Waals surface area contributed by atoms with Gasteiger partial charge >= 0.3 is 0 Å². The van der Waals surface area contributed by atoms with Crippen LogP contribution in [0.2, 0.25) is 0 Å². The summed E-state index contributed by atoms with van der Waals surface area (Å²) < 4.78 is 0. The number of hydrogen-bond acceptors (Lipinski definition) is 4. The average Bonchev–Trinajstić information content (AvgIpc) is 2.97. The Morgan fingerprint density at radius 1 is 1.26 bits per heavy atom. The van der Waals surface area contributed by atoms with Crippen LogP contribution in [0, 0.1) is 0 Å². The molecule has 0 unspecified atom stereocenters. The van der Waals surface area contributed by atoms with E-state index in [1.165, 1.54) is 11.3 Å². The molecule has 7 heteroatoms. The first kappa shape index (κ1) is 21.4. The number of halogens is 1. The number of thiophene rings is 1. The molecule has 0 aliphatic carbocycles. The van der Waals surface area contributed by atoms with E-state index in [2.05, 4.69) is 24.1 Å². The number of carbonyl (C=O) groups excluding carboxylic acids is 2. The molecule has 3 rings (SSSR count). The Morgan fingerprint density at radius 3 is 2.59 bits per heavy atom. The van der Waals surface area contributed by atoms with Crippen LogP contribution in [-0.2, 0) is 24.2 Å². The predicted molar refractivity (Wildman–Crippen MR) is 105 cm³/mol. The molecule has 0 fully saturated rings. The molecule has 146 valence electrons. The Hall–Kier alpha value is -1.89. The van der Waals surface area contributed by atoms with Crippen molar-refractivity contribution in [2.45, 2.75) is 45.7 Å². The Labute approximate surface area is 170 Å². The van der Waals surface area contributed by atoms with Crippen LogP contribution < -0.4 is 23.5 Å². The minimum atomic E-state index is -0.459. The van der Waals surface area contributed by atoms with Crippen molar-refractivity contribution < 1.29 is 22.0 Å². The summed E-state index contributed by atoms with van der Waals surface area (Å²) in [4.78, 5) is 27.9. The Bertz CT molecular complexity index is 805. The molecule has 0 atom stereocenters. The first-order valence-corrected chi connectivity index (χ1v) is 9.79. The van der Waals surface area contributed by atoms with E-state index in [-0.39, 0.29) is 18.3 Å². The summed E-state index contributed by atoms with van der Waals surface area (Å²) in [5, 5.41) is 3.53. The summed E-state index contributed by atoms with van der Waals surface area (Å²) in [5.74, 6) is -0.547. The number of anilines is 1. The molecular formula is C20H25ClN3O2S-. The minimum Gasteiger partial charge on any atom is -1.00 e. The van der Waals surface area contributed by atoms with E-state index in [1.54, 1.807) is 0 Å². The largest absolute Gasteiger partial charge is 1.00 e. The third-order valence-electron chi connectivity index (χ3n) is 4.80. The zero-order chi connectivity index (χ0) is 18.7. The van der Waals surface area contributed by atoms with Gasteiger partial charge in [0.05, 0.1) is 5.56 Å². The highest BCUT2D eigenvalue weighted by molar-refractivity contribution is 7.17. The van der Waals surface area contributed by atoms with Gasteiger partial charge in [0.1, 0.15) is 5.00 Å². The highest BCUT2D eigenvalue weighted by atomic mass is 35.5. The quantitative estimate of drug-likeness (QED) is 0.719. The molecule has 2 aromatic rings. The van der Waals surface area contributed by atoms with Crippen LogP contribution in [0.5, 0.6) is 0 Å². The van der Waals surface area contributed by atoms with Crippen molar-refractivity contribution >= 4 is 28.2 Å². The SMILES string of the molecule is CC(C)N1CCc2c(sc(NC(=O)CCc3ccccc3)c2C(N)=O)C1.[Cl-]. The van der Waals surface area contributed by atoms with E-state index < -0.39 is 5.91 Å². The van der Waals surface area contributed by atoms with Crippen molar-refractivity contribution in [1.29, 1.82) is 0 Å². The number of nitrogens with zero attached hydrogens (tertiary/aromatic N) is 1. The van der Waals surface area contributed by atoms with Crippen LogP contribution in [0.1, 0.15) is 46.6 Å². The van der Waals surface area contributed by atoms with Gasteiger partial charge in [0.25, 0.3) is 5.91 Å². The maximum atomic E-state index is 12.4. The summed E-state index contributed by atoms with van der Waals surface area (Å²) in [6, 6.07) is 10.3. The number of nitrogens with two attached hydrogens (primary N) is 1. The third kappa shape index (κ3) is 5.09. The summed E-state index contributed by atoms with van der Waals surface area (Å²) in [5.41, 5.74) is 8.26. The van der Waals surface area contributed by atoms with Gasteiger partial charge in [0, 0.05) is 30.4 Å². The number of nitrogens with one attached hydrogen (secondary N) is 1. The van der Waals surface area contributed by atoms with Gasteiger partial charge in [-0.15, -0.1) is 11.3 Å². The second kappa shape index (κ2) is 9.35. The smallest absolute Gasteiger partial charge is 0.251 e. The zero-order valence-electron chi connectivity index (χ0n) is 15.6. The predicted octanol–water partition coefficient (Wildman–Crippen LogP) is 0.189. The van der Waals surface area contributed by atoms with Crippen molar-refractivity contribution in [3.05, 3.63) is 51.9 Å². The molecule has 1 aromatic carbocycles. The van der Waals surface area contributed by atoms with Gasteiger partial charge in [-0.05, 0) is 37.8 Å². The Balaban J connectivity index is 0.00000261. The van der Waals surface area contributed by atoms with Gasteiger partial charge in [-0.3, -0.25) is 14.5 Å². The van der Waals surface area contributed by atoms with Gasteiger partial charge < -0.3 is 23.5 Å². The minimum absolute atomic E-state index is 0. The molecule has 0 saturated carbocycles. The monoisotopic (exact) mass is 406 g/mol. The number of rotatable bonds is 6. The number of amides is 2. The number of hydrogen-bond donors (Lipinski definition) is 2. The van der Waals surface area contributed by atoms with Crippen LogP contribution in [0.25, 0.3) is 0 Å². The molecule has 27 heavy (non-hydrogen) atoms. The zero-order valence-corrected chi connectivity index (χ0v) is 17.2. The van der Waals surface area contributed by atoms with Crippen LogP contribution in [0.15, 0.2) is 30.3 Å². The Kier molecular flexibility index (Phi) is 7.41. The van der Waals surface area contributed by atoms with E-state index in [0.717, 1.165) is 35.5 Å². The second-order valence-electron chi connectivity index (χ2n) is 6.92. The van der Waals surface area contributed by atoms with E-state index >= 15 is 0 Å². The summed E-state index contributed by atoms with van der Waals surface area (Å²) >= 11 is 1.49. The standard InChI is InChI=1S/C20H25N3O2S.ClH/c1-13(2)23-11-10-15-16(12-23)26-20(18(15)19(21)25)22-17(24)9-8-14-6-4-3-5-7-14;/h3-7,13H,8-12H2,1-2H3,(H2,21,25)(H,22,24);1H/p-1. The summed E-state index contributed by atoms with van der Waals surface area (Å²) in [6.07, 6.45) is 1.84. The van der Waals surface area contributed by atoms with Crippen LogP contribution in [0.4, 0.5) is 5.00 Å². The molecule has 0 radical (unpaired) electrons. The molecular weight excluding hydrogens is 382 g/mol. The van der Waals surface area contributed by atoms with Crippen molar-refractivity contribution in [2.75, 3.05) is 11.9 Å². The lowest BCUT2D eigenvalue weighted by molar-refractivity contribution is -0.116. The number of fused-ring (bicyclic) bond motifs is 1. The van der Waals surface area contributed by atoms with E-state index in [1.807, 2.05) is 30.3 Å². The normalized spacial score (nSPS) is 13.7.